The molecule has 0 saturated carbocycles. The predicted octanol–water partition coefficient (Wildman–Crippen LogP) is 12.4. The first-order valence-corrected chi connectivity index (χ1v) is 18.4. The molecule has 0 aliphatic carbocycles. The van der Waals surface area contributed by atoms with Crippen LogP contribution in [0, 0.1) is 19.0 Å². The molecular weight excluding hydrogens is 866 g/mol. The Balaban J connectivity index is 0.00000449. The Labute approximate surface area is 346 Å². The topological polar surface area (TPSA) is 27.5 Å². The minimum Gasteiger partial charge on any atom is -0.357 e. The van der Waals surface area contributed by atoms with Crippen LogP contribution in [0.2, 0.25) is 0 Å². The first-order valence-electron chi connectivity index (χ1n) is 19.9. The quantitative estimate of drug-likeness (QED) is 0.149. The van der Waals surface area contributed by atoms with E-state index in [2.05, 4.69) is 161 Å². The molecule has 6 heteroatoms. The van der Waals surface area contributed by atoms with Crippen LogP contribution in [0.4, 0.5) is 34.1 Å². The second-order valence-corrected chi connectivity index (χ2v) is 13.8. The number of pyridine rings is 1. The van der Waals surface area contributed by atoms with Crippen molar-refractivity contribution in [3.05, 3.63) is 194 Å². The van der Waals surface area contributed by atoms with Crippen LogP contribution in [0.3, 0.4) is 0 Å². The molecule has 5 nitrogen and oxygen atoms in total. The number of anilines is 6. The van der Waals surface area contributed by atoms with Crippen molar-refractivity contribution < 1.29 is 25.2 Å². The maximum absolute atomic E-state index is 8.19. The van der Waals surface area contributed by atoms with Crippen molar-refractivity contribution in [1.82, 2.24) is 9.55 Å². The Kier molecular flexibility index (Phi) is 8.35. The van der Waals surface area contributed by atoms with Crippen LogP contribution in [0.5, 0.6) is 0 Å². The van der Waals surface area contributed by atoms with Crippen molar-refractivity contribution in [2.75, 3.05) is 28.4 Å². The molecule has 0 fully saturated rings. The number of hydrogen-bond donors (Lipinski definition) is 0. The molecule has 7 aromatic carbocycles. The third-order valence-electron chi connectivity index (χ3n) is 10.4. The van der Waals surface area contributed by atoms with Gasteiger partial charge in [-0.15, -0.1) is 35.7 Å². The van der Waals surface area contributed by atoms with Gasteiger partial charge in [0.15, 0.2) is 0 Å². The summed E-state index contributed by atoms with van der Waals surface area (Å²) in [5.74, 6) is 0.514. The molecule has 2 aromatic heterocycles. The summed E-state index contributed by atoms with van der Waals surface area (Å²) in [6, 6.07) is 65.6. The van der Waals surface area contributed by atoms with Gasteiger partial charge >= 0.3 is 21.1 Å². The van der Waals surface area contributed by atoms with Gasteiger partial charge < -0.3 is 19.3 Å². The summed E-state index contributed by atoms with van der Waals surface area (Å²) < 4.78 is 26.6. The van der Waals surface area contributed by atoms with E-state index in [1.165, 1.54) is 5.69 Å². The van der Waals surface area contributed by atoms with E-state index in [0.29, 0.717) is 12.5 Å². The summed E-state index contributed by atoms with van der Waals surface area (Å²) in [6.07, 6.45) is 1.57. The number of benzene rings is 7. The molecule has 56 heavy (non-hydrogen) atoms. The average molecular weight is 906 g/mol. The number of aromatic nitrogens is 2. The van der Waals surface area contributed by atoms with Crippen LogP contribution < -0.4 is 14.7 Å². The van der Waals surface area contributed by atoms with Crippen molar-refractivity contribution >= 4 is 55.9 Å². The smallest absolute Gasteiger partial charge is 0.357 e. The van der Waals surface area contributed by atoms with E-state index in [0.717, 1.165) is 72.5 Å². The van der Waals surface area contributed by atoms with Crippen LogP contribution in [-0.2, 0) is 21.1 Å². The van der Waals surface area contributed by atoms with E-state index in [-0.39, 0.29) is 26.6 Å². The third kappa shape index (κ3) is 6.05. The molecule has 0 unspecified atom stereocenters. The van der Waals surface area contributed by atoms with Gasteiger partial charge in [-0.2, -0.15) is 12.1 Å². The van der Waals surface area contributed by atoms with Crippen LogP contribution in [0.15, 0.2) is 176 Å². The van der Waals surface area contributed by atoms with Crippen molar-refractivity contribution in [3.8, 4) is 28.1 Å². The van der Waals surface area contributed by atoms with Crippen LogP contribution in [0.1, 0.15) is 9.68 Å². The number of fused-ring (bicyclic) bond motifs is 4. The molecule has 0 radical (unpaired) electrons. The Morgan fingerprint density at radius 3 is 2.04 bits per heavy atom. The Hall–Kier alpha value is -6.42. The van der Waals surface area contributed by atoms with Gasteiger partial charge in [-0.05, 0) is 59.3 Å². The Morgan fingerprint density at radius 1 is 0.625 bits per heavy atom. The van der Waals surface area contributed by atoms with Crippen molar-refractivity contribution in [1.29, 1.82) is 0 Å². The molecule has 0 spiro atoms. The van der Waals surface area contributed by atoms with E-state index < -0.39 is 6.85 Å². The summed E-state index contributed by atoms with van der Waals surface area (Å²) in [7, 11) is 2.11. The van der Waals surface area contributed by atoms with Gasteiger partial charge in [0, 0.05) is 34.0 Å². The van der Waals surface area contributed by atoms with E-state index >= 15 is 0 Å². The van der Waals surface area contributed by atoms with Crippen molar-refractivity contribution in [2.45, 2.75) is 6.85 Å². The standard InChI is InChI=1S/C50H37N5.Pt/c1-35-29-30-51-49(31-35)55-45-24-10-9-21-43(45)44-28-27-40(33-48(44)55)54(39-20-13-19-38(32-39)53-34-52(2)46-25-11-12-26-47(46)53)50-41(36-15-5-3-6-16-36)22-14-23-42(50)37-17-7-4-8-18-37;/h3-31H,34H2,1-2H3;/q-2;+2/i1D3;. The number of rotatable bonds is 7. The molecule has 1 aliphatic heterocycles. The van der Waals surface area contributed by atoms with Gasteiger partial charge in [-0.25, -0.2) is 4.98 Å². The van der Waals surface area contributed by atoms with Crippen molar-refractivity contribution in [3.63, 3.8) is 0 Å². The summed E-state index contributed by atoms with van der Waals surface area (Å²) in [6.45, 7) is -1.60. The molecule has 9 aromatic rings. The number of para-hydroxylation sites is 4. The second kappa shape index (κ2) is 14.7. The molecular formula is C50H37N5Pt. The number of hydrogen-bond acceptors (Lipinski definition) is 4. The summed E-state index contributed by atoms with van der Waals surface area (Å²) in [4.78, 5) is 11.6. The van der Waals surface area contributed by atoms with Gasteiger partial charge in [-0.3, -0.25) is 0 Å². The number of nitrogens with zero attached hydrogens (tertiary/aromatic N) is 5. The summed E-state index contributed by atoms with van der Waals surface area (Å²) in [5, 5.41) is 2.00. The average Bonchev–Trinajstić information content (AvgIpc) is 3.78. The van der Waals surface area contributed by atoms with Gasteiger partial charge in [0.1, 0.15) is 5.82 Å². The zero-order chi connectivity index (χ0) is 39.4. The van der Waals surface area contributed by atoms with Gasteiger partial charge in [0.2, 0.25) is 0 Å². The second-order valence-electron chi connectivity index (χ2n) is 13.8. The van der Waals surface area contributed by atoms with Crippen LogP contribution in [0.25, 0.3) is 49.9 Å². The monoisotopic (exact) mass is 905 g/mol. The largest absolute Gasteiger partial charge is 2.00 e. The van der Waals surface area contributed by atoms with E-state index in [1.54, 1.807) is 18.3 Å². The van der Waals surface area contributed by atoms with Gasteiger partial charge in [0.05, 0.1) is 23.7 Å². The molecule has 0 saturated heterocycles. The van der Waals surface area contributed by atoms with Crippen LogP contribution >= 0.6 is 0 Å². The fourth-order valence-corrected chi connectivity index (χ4v) is 7.97. The first kappa shape index (κ1) is 31.9. The fraction of sp³-hybridized carbons (Fsp3) is 0.0600. The fourth-order valence-electron chi connectivity index (χ4n) is 7.97. The number of aryl methyl sites for hydroxylation is 1. The Bertz CT molecular complexity index is 2910. The molecule has 0 atom stereocenters. The SMILES string of the molecule is [2H]C([2H])([2H])c1ccnc(-n2c3[c-]c(N(c4[c-]c(N5CN(C)c6ccccc65)ccc4)c4c(-c5ccccc5)cccc4-c4ccccc4)ccc3c3ccccc32)c1.[Pt+2]. The molecule has 272 valence electrons. The molecule has 10 rings (SSSR count). The molecule has 0 N–H and O–H groups in total. The van der Waals surface area contributed by atoms with E-state index in [4.69, 9.17) is 9.10 Å². The maximum Gasteiger partial charge on any atom is 2.00 e. The van der Waals surface area contributed by atoms with E-state index in [1.807, 2.05) is 34.9 Å². The van der Waals surface area contributed by atoms with Crippen molar-refractivity contribution in [2.24, 2.45) is 0 Å². The predicted molar refractivity (Wildman–Crippen MR) is 228 cm³/mol. The van der Waals surface area contributed by atoms with E-state index in [9.17, 15) is 0 Å². The molecule has 0 amide bonds. The molecule has 3 heterocycles. The Morgan fingerprint density at radius 2 is 1.29 bits per heavy atom. The minimum absolute atomic E-state index is 0. The van der Waals surface area contributed by atoms with Crippen LogP contribution in [-0.4, -0.2) is 23.3 Å². The zero-order valence-electron chi connectivity index (χ0n) is 33.5. The normalized spacial score (nSPS) is 13.2. The minimum atomic E-state index is -2.29. The maximum atomic E-state index is 8.19. The summed E-state index contributed by atoms with van der Waals surface area (Å²) >= 11 is 0. The third-order valence-corrected chi connectivity index (χ3v) is 10.4. The van der Waals surface area contributed by atoms with Gasteiger partial charge in [0.25, 0.3) is 0 Å². The zero-order valence-corrected chi connectivity index (χ0v) is 32.8. The van der Waals surface area contributed by atoms with Gasteiger partial charge in [-0.1, -0.05) is 132 Å². The summed E-state index contributed by atoms with van der Waals surface area (Å²) in [5.41, 5.74) is 12.0. The molecule has 0 bridgehead atoms. The molecule has 1 aliphatic rings. The first-order chi connectivity index (χ1) is 28.3.